The molecule has 0 aliphatic heterocycles. The summed E-state index contributed by atoms with van der Waals surface area (Å²) in [6.45, 7) is 0. The van der Waals surface area contributed by atoms with Crippen molar-refractivity contribution in [1.29, 1.82) is 0 Å². The van der Waals surface area contributed by atoms with Crippen LogP contribution in [0.15, 0.2) is 53.6 Å². The van der Waals surface area contributed by atoms with Crippen LogP contribution in [-0.2, 0) is 9.59 Å². The van der Waals surface area contributed by atoms with E-state index in [-0.39, 0.29) is 11.3 Å². The molecule has 0 aromatic heterocycles. The summed E-state index contributed by atoms with van der Waals surface area (Å²) in [5, 5.41) is 17.1. The van der Waals surface area contributed by atoms with E-state index in [4.69, 9.17) is 11.6 Å². The Bertz CT molecular complexity index is 823. The van der Waals surface area contributed by atoms with Gasteiger partial charge >= 0.3 is 11.8 Å². The topological polar surface area (TPSA) is 114 Å². The van der Waals surface area contributed by atoms with Gasteiger partial charge < -0.3 is 5.32 Å². The maximum Gasteiger partial charge on any atom is 0.329 e. The van der Waals surface area contributed by atoms with Crippen LogP contribution in [0.3, 0.4) is 0 Å². The maximum absolute atomic E-state index is 11.7. The van der Waals surface area contributed by atoms with E-state index in [0.717, 1.165) is 6.21 Å². The molecule has 0 fully saturated rings. The molecule has 2 aromatic carbocycles. The lowest BCUT2D eigenvalue weighted by atomic mass is 10.2. The Morgan fingerprint density at radius 3 is 2.58 bits per heavy atom. The average Bonchev–Trinajstić information content (AvgIpc) is 2.55. The molecule has 0 heterocycles. The highest BCUT2D eigenvalue weighted by Crippen LogP contribution is 2.15. The maximum atomic E-state index is 11.7. The third kappa shape index (κ3) is 4.62. The largest absolute Gasteiger partial charge is 0.329 e. The number of anilines is 1. The van der Waals surface area contributed by atoms with Crippen LogP contribution >= 0.6 is 11.6 Å². The summed E-state index contributed by atoms with van der Waals surface area (Å²) in [5.41, 5.74) is 2.37. The van der Waals surface area contributed by atoms with E-state index in [9.17, 15) is 19.7 Å². The molecular weight excluding hydrogens is 336 g/mol. The predicted octanol–water partition coefficient (Wildman–Crippen LogP) is 2.34. The minimum atomic E-state index is -1.02. The van der Waals surface area contributed by atoms with Crippen molar-refractivity contribution in [3.05, 3.63) is 69.2 Å². The number of carbonyl (C=O) groups is 2. The Morgan fingerprint density at radius 2 is 1.88 bits per heavy atom. The van der Waals surface area contributed by atoms with Gasteiger partial charge in [-0.15, -0.1) is 0 Å². The molecule has 9 heteroatoms. The number of nitrogens with one attached hydrogen (secondary N) is 2. The van der Waals surface area contributed by atoms with Gasteiger partial charge in [0.15, 0.2) is 0 Å². The van der Waals surface area contributed by atoms with Crippen LogP contribution in [0.1, 0.15) is 5.56 Å². The standard InChI is InChI=1S/C15H11ClN4O4/c16-11-5-3-6-12(8-11)18-14(21)15(22)19-17-9-10-4-1-2-7-13(10)20(23)24/h1-9H,(H,18,21)(H,19,22). The number of halogens is 1. The summed E-state index contributed by atoms with van der Waals surface area (Å²) < 4.78 is 0. The van der Waals surface area contributed by atoms with Crippen molar-refractivity contribution in [2.24, 2.45) is 5.10 Å². The first-order valence-electron chi connectivity index (χ1n) is 6.61. The van der Waals surface area contributed by atoms with Crippen molar-refractivity contribution in [2.75, 3.05) is 5.32 Å². The zero-order chi connectivity index (χ0) is 17.5. The van der Waals surface area contributed by atoms with Gasteiger partial charge in [0.05, 0.1) is 16.7 Å². The number of para-hydroxylation sites is 1. The lowest BCUT2D eigenvalue weighted by Gasteiger charge is -2.04. The lowest BCUT2D eigenvalue weighted by Crippen LogP contribution is -2.32. The molecule has 2 amide bonds. The molecule has 2 N–H and O–H groups in total. The van der Waals surface area contributed by atoms with Gasteiger partial charge in [-0.1, -0.05) is 29.8 Å². The van der Waals surface area contributed by atoms with E-state index >= 15 is 0 Å². The molecule has 0 atom stereocenters. The Kier molecular flexibility index (Phi) is 5.58. The number of nitro benzene ring substituents is 1. The predicted molar refractivity (Wildman–Crippen MR) is 88.9 cm³/mol. The summed E-state index contributed by atoms with van der Waals surface area (Å²) in [6, 6.07) is 12.1. The Balaban J connectivity index is 1.98. The molecule has 8 nitrogen and oxygen atoms in total. The van der Waals surface area contributed by atoms with Crippen molar-refractivity contribution < 1.29 is 14.5 Å². The van der Waals surface area contributed by atoms with Crippen LogP contribution in [0.2, 0.25) is 5.02 Å². The van der Waals surface area contributed by atoms with Crippen LogP contribution < -0.4 is 10.7 Å². The number of amides is 2. The third-order valence-corrected chi connectivity index (χ3v) is 3.03. The smallest absolute Gasteiger partial charge is 0.318 e. The number of nitro groups is 1. The van der Waals surface area contributed by atoms with E-state index in [2.05, 4.69) is 10.4 Å². The van der Waals surface area contributed by atoms with E-state index in [0.29, 0.717) is 10.7 Å². The summed E-state index contributed by atoms with van der Waals surface area (Å²) in [4.78, 5) is 33.6. The van der Waals surface area contributed by atoms with Crippen molar-refractivity contribution in [2.45, 2.75) is 0 Å². The SMILES string of the molecule is O=C(NN=Cc1ccccc1[N+](=O)[O-])C(=O)Nc1cccc(Cl)c1. The number of rotatable bonds is 4. The van der Waals surface area contributed by atoms with E-state index in [1.54, 1.807) is 24.3 Å². The van der Waals surface area contributed by atoms with Crippen LogP contribution in [0.25, 0.3) is 0 Å². The number of nitrogens with zero attached hydrogens (tertiary/aromatic N) is 2. The Morgan fingerprint density at radius 1 is 1.12 bits per heavy atom. The van der Waals surface area contributed by atoms with Gasteiger partial charge in [-0.05, 0) is 24.3 Å². The first-order valence-corrected chi connectivity index (χ1v) is 6.98. The molecule has 0 spiro atoms. The van der Waals surface area contributed by atoms with Gasteiger partial charge in [0.1, 0.15) is 0 Å². The molecular formula is C15H11ClN4O4. The van der Waals surface area contributed by atoms with Crippen LogP contribution in [0, 0.1) is 10.1 Å². The number of benzene rings is 2. The van der Waals surface area contributed by atoms with Gasteiger partial charge in [0, 0.05) is 16.8 Å². The quantitative estimate of drug-likeness (QED) is 0.382. The van der Waals surface area contributed by atoms with E-state index < -0.39 is 16.7 Å². The molecule has 0 unspecified atom stereocenters. The summed E-state index contributed by atoms with van der Waals surface area (Å²) in [7, 11) is 0. The average molecular weight is 347 g/mol. The first kappa shape index (κ1) is 17.1. The van der Waals surface area contributed by atoms with Gasteiger partial charge in [-0.2, -0.15) is 5.10 Å². The van der Waals surface area contributed by atoms with Crippen LogP contribution in [0.4, 0.5) is 11.4 Å². The Labute approximate surface area is 141 Å². The van der Waals surface area contributed by atoms with Crippen molar-refractivity contribution in [3.63, 3.8) is 0 Å². The fourth-order valence-corrected chi connectivity index (χ4v) is 1.92. The lowest BCUT2D eigenvalue weighted by molar-refractivity contribution is -0.385. The minimum absolute atomic E-state index is 0.168. The van der Waals surface area contributed by atoms with E-state index in [1.807, 2.05) is 5.43 Å². The zero-order valence-corrected chi connectivity index (χ0v) is 12.9. The van der Waals surface area contributed by atoms with Gasteiger partial charge in [-0.3, -0.25) is 19.7 Å². The molecule has 0 aliphatic rings. The van der Waals surface area contributed by atoms with Gasteiger partial charge in [0.25, 0.3) is 5.69 Å². The number of hydrazone groups is 1. The molecule has 2 aromatic rings. The minimum Gasteiger partial charge on any atom is -0.318 e. The fourth-order valence-electron chi connectivity index (χ4n) is 1.73. The molecule has 0 aliphatic carbocycles. The molecule has 24 heavy (non-hydrogen) atoms. The van der Waals surface area contributed by atoms with Crippen LogP contribution in [0.5, 0.6) is 0 Å². The third-order valence-electron chi connectivity index (χ3n) is 2.79. The number of carbonyl (C=O) groups excluding carboxylic acids is 2. The summed E-state index contributed by atoms with van der Waals surface area (Å²) >= 11 is 5.77. The molecule has 0 radical (unpaired) electrons. The second-order valence-corrected chi connectivity index (χ2v) is 4.92. The highest BCUT2D eigenvalue weighted by Gasteiger charge is 2.14. The number of hydrogen-bond donors (Lipinski definition) is 2. The highest BCUT2D eigenvalue weighted by atomic mass is 35.5. The van der Waals surface area contributed by atoms with Gasteiger partial charge in [-0.25, -0.2) is 5.43 Å². The summed E-state index contributed by atoms with van der Waals surface area (Å²) in [6.07, 6.45) is 1.09. The normalized spacial score (nSPS) is 10.4. The van der Waals surface area contributed by atoms with Crippen molar-refractivity contribution >= 4 is 41.0 Å². The second kappa shape index (κ2) is 7.84. The second-order valence-electron chi connectivity index (χ2n) is 4.48. The zero-order valence-electron chi connectivity index (χ0n) is 12.1. The first-order chi connectivity index (χ1) is 11.5. The molecule has 0 bridgehead atoms. The van der Waals surface area contributed by atoms with E-state index in [1.165, 1.54) is 24.3 Å². The van der Waals surface area contributed by atoms with Crippen molar-refractivity contribution in [1.82, 2.24) is 5.43 Å². The number of hydrogen-bond acceptors (Lipinski definition) is 5. The van der Waals surface area contributed by atoms with Gasteiger partial charge in [0.2, 0.25) is 0 Å². The molecule has 122 valence electrons. The molecule has 2 rings (SSSR count). The molecule has 0 saturated heterocycles. The Hall–Kier alpha value is -3.26. The van der Waals surface area contributed by atoms with Crippen molar-refractivity contribution in [3.8, 4) is 0 Å². The van der Waals surface area contributed by atoms with Crippen LogP contribution in [-0.4, -0.2) is 23.0 Å². The monoisotopic (exact) mass is 346 g/mol. The fraction of sp³-hybridized carbons (Fsp3) is 0. The molecule has 0 saturated carbocycles. The highest BCUT2D eigenvalue weighted by molar-refractivity contribution is 6.39. The summed E-state index contributed by atoms with van der Waals surface area (Å²) in [5.74, 6) is -1.97.